The lowest BCUT2D eigenvalue weighted by atomic mass is 10.3. The first-order valence-corrected chi connectivity index (χ1v) is 12.5. The Morgan fingerprint density at radius 3 is 2.31 bits per heavy atom. The zero-order chi connectivity index (χ0) is 19.8. The van der Waals surface area contributed by atoms with Crippen LogP contribution in [0.2, 0.25) is 0 Å². The van der Waals surface area contributed by atoms with E-state index in [1.807, 2.05) is 0 Å². The summed E-state index contributed by atoms with van der Waals surface area (Å²) in [6.07, 6.45) is 2.85. The molecular weight excluding hydrogens is 414 g/mol. The summed E-state index contributed by atoms with van der Waals surface area (Å²) in [4.78, 5) is 23.4. The van der Waals surface area contributed by atoms with Gasteiger partial charge in [0.25, 0.3) is 0 Å². The van der Waals surface area contributed by atoms with Gasteiger partial charge in [0.05, 0.1) is 12.4 Å². The molecule has 0 unspecified atom stereocenters. The summed E-state index contributed by atoms with van der Waals surface area (Å²) in [6.45, 7) is 1.25. The Morgan fingerprint density at radius 2 is 1.77 bits per heavy atom. The third kappa shape index (κ3) is 6.31. The Bertz CT molecular complexity index is 591. The number of ketones is 1. The van der Waals surface area contributed by atoms with Crippen LogP contribution in [0.15, 0.2) is 0 Å². The van der Waals surface area contributed by atoms with Crippen LogP contribution in [-0.2, 0) is 28.1 Å². The molecule has 26 heavy (non-hydrogen) atoms. The van der Waals surface area contributed by atoms with Gasteiger partial charge in [-0.05, 0) is 25.7 Å². The van der Waals surface area contributed by atoms with E-state index in [1.165, 1.54) is 0 Å². The highest BCUT2D eigenvalue weighted by Gasteiger charge is 2.58. The van der Waals surface area contributed by atoms with E-state index in [-0.39, 0.29) is 48.4 Å². The fraction of sp³-hybridized carbons (Fsp3) is 0.867. The third-order valence-corrected chi connectivity index (χ3v) is 9.74. The van der Waals surface area contributed by atoms with E-state index in [4.69, 9.17) is 15.2 Å². The number of rotatable bonds is 11. The van der Waals surface area contributed by atoms with Crippen LogP contribution in [0.25, 0.3) is 0 Å². The zero-order valence-corrected chi connectivity index (χ0v) is 17.1. The molecule has 1 fully saturated rings. The molecule has 0 aliphatic carbocycles. The van der Waals surface area contributed by atoms with Crippen molar-refractivity contribution in [3.63, 3.8) is 0 Å². The summed E-state index contributed by atoms with van der Waals surface area (Å²) < 4.78 is 61.9. The van der Waals surface area contributed by atoms with Crippen LogP contribution in [0, 0.1) is 0 Å². The normalized spacial score (nSPS) is 18.9. The number of ether oxygens (including phenoxy) is 1. The number of unbranched alkanes of at least 4 members (excludes halogenated alkanes) is 1. The lowest BCUT2D eigenvalue weighted by Gasteiger charge is -2.41. The molecule has 0 aromatic carbocycles. The third-order valence-electron chi connectivity index (χ3n) is 3.90. The van der Waals surface area contributed by atoms with Crippen molar-refractivity contribution in [2.75, 3.05) is 29.7 Å². The molecule has 1 aliphatic heterocycles. The molecule has 0 saturated carbocycles. The molecule has 154 valence electrons. The first-order chi connectivity index (χ1) is 12.1. The maximum Gasteiger partial charge on any atom is 0.466 e. The maximum atomic E-state index is 14.2. The lowest BCUT2D eigenvalue weighted by Crippen LogP contribution is -2.42. The van der Waals surface area contributed by atoms with Gasteiger partial charge in [-0.2, -0.15) is 17.2 Å². The average Bonchev–Trinajstić information content (AvgIpc) is 2.58. The van der Waals surface area contributed by atoms with Gasteiger partial charge in [0.2, 0.25) is 0 Å². The average molecular weight is 439 g/mol. The molecule has 0 radical (unpaired) electrons. The Labute approximate surface area is 159 Å². The number of carbonyl (C=O) groups is 2. The number of hydrogen-bond acceptors (Lipinski definition) is 6. The molecule has 11 heteroatoms. The van der Waals surface area contributed by atoms with Gasteiger partial charge < -0.3 is 4.74 Å². The summed E-state index contributed by atoms with van der Waals surface area (Å²) in [7, 11) is -8.12. The minimum Gasteiger partial charge on any atom is -0.460 e. The van der Waals surface area contributed by atoms with E-state index in [0.717, 1.165) is 6.42 Å². The maximum absolute atomic E-state index is 14.2. The Hall–Kier alpha value is -0.450. The second kappa shape index (κ2) is 10.2. The molecule has 0 N–H and O–H groups in total. The minimum absolute atomic E-state index is 0.164. The van der Waals surface area contributed by atoms with Gasteiger partial charge in [-0.25, -0.2) is 8.42 Å². The molecule has 0 aromatic heterocycles. The van der Waals surface area contributed by atoms with Crippen molar-refractivity contribution in [1.82, 2.24) is 0 Å². The summed E-state index contributed by atoms with van der Waals surface area (Å²) in [6, 6.07) is 0. The van der Waals surface area contributed by atoms with E-state index in [2.05, 4.69) is 4.74 Å². The predicted molar refractivity (Wildman–Crippen MR) is 97.2 cm³/mol. The van der Waals surface area contributed by atoms with Crippen LogP contribution >= 0.6 is 21.9 Å². The van der Waals surface area contributed by atoms with Crippen LogP contribution in [0.1, 0.15) is 45.4 Å². The van der Waals surface area contributed by atoms with Crippen LogP contribution < -0.4 is 0 Å². The van der Waals surface area contributed by atoms with Gasteiger partial charge in [-0.3, -0.25) is 4.79 Å². The molecule has 0 spiro atoms. The fourth-order valence-corrected chi connectivity index (χ4v) is 8.22. The van der Waals surface area contributed by atoms with Crippen molar-refractivity contribution in [2.24, 2.45) is 0 Å². The van der Waals surface area contributed by atoms with Gasteiger partial charge >= 0.3 is 21.3 Å². The smallest absolute Gasteiger partial charge is 0.460 e. The number of hydrogen-bond donors (Lipinski definition) is 0. The lowest BCUT2D eigenvalue weighted by molar-refractivity contribution is -0.161. The van der Waals surface area contributed by atoms with Crippen LogP contribution in [-0.4, -0.2) is 55.2 Å². The number of halogens is 3. The van der Waals surface area contributed by atoms with Crippen molar-refractivity contribution in [2.45, 2.75) is 50.7 Å². The molecule has 0 amide bonds. The van der Waals surface area contributed by atoms with Gasteiger partial charge in [0.1, 0.15) is 5.78 Å². The summed E-state index contributed by atoms with van der Waals surface area (Å²) in [5.41, 5.74) is 0. The highest BCUT2D eigenvalue weighted by Crippen LogP contribution is 2.56. The topological polar surface area (TPSA) is 86.7 Å². The van der Waals surface area contributed by atoms with Gasteiger partial charge in [0.15, 0.2) is 0 Å². The Morgan fingerprint density at radius 1 is 1.15 bits per heavy atom. The Kier molecular flexibility index (Phi) is 9.25. The highest BCUT2D eigenvalue weighted by molar-refractivity contribution is 8.33. The first-order valence-electron chi connectivity index (χ1n) is 8.45. The van der Waals surface area contributed by atoms with Crippen molar-refractivity contribution < 1.29 is 35.2 Å². The molecule has 1 aliphatic rings. The van der Waals surface area contributed by atoms with Crippen molar-refractivity contribution in [1.29, 1.82) is 0 Å². The Balaban J connectivity index is 2.90. The van der Waals surface area contributed by atoms with Crippen molar-refractivity contribution >= 4 is 43.8 Å². The number of esters is 1. The first kappa shape index (κ1) is 23.6. The van der Waals surface area contributed by atoms with Crippen molar-refractivity contribution in [3.05, 3.63) is 0 Å². The molecule has 6 nitrogen and oxygen atoms in total. The second-order valence-electron chi connectivity index (χ2n) is 6.04. The minimum atomic E-state index is -5.56. The molecule has 1 rings (SSSR count). The predicted octanol–water partition coefficient (Wildman–Crippen LogP) is 3.37. The van der Waals surface area contributed by atoms with Gasteiger partial charge in [0, 0.05) is 23.8 Å². The summed E-state index contributed by atoms with van der Waals surface area (Å²) in [5.74, 6) is -1.84. The molecule has 1 saturated heterocycles. The van der Waals surface area contributed by atoms with Crippen molar-refractivity contribution in [3.8, 4) is 0 Å². The molecule has 0 aromatic rings. The van der Waals surface area contributed by atoms with E-state index in [9.17, 15) is 26.8 Å². The van der Waals surface area contributed by atoms with Gasteiger partial charge in [-0.15, -0.1) is 21.9 Å². The number of Topliss-reactive ketones (excluding diaryl/α,β-unsaturated/α-hetero) is 1. The SMILES string of the molecule is CCC(=O)CS1(OS(=O)(=O)C(F)(F)C(=O)OCCCCCl)CCCCC1. The second-order valence-corrected chi connectivity index (χ2v) is 11.4. The van der Waals surface area contributed by atoms with Gasteiger partial charge in [-0.1, -0.05) is 13.3 Å². The summed E-state index contributed by atoms with van der Waals surface area (Å²) in [5, 5.41) is -4.82. The monoisotopic (exact) mass is 438 g/mol. The van der Waals surface area contributed by atoms with Crippen LogP contribution in [0.3, 0.4) is 0 Å². The highest BCUT2D eigenvalue weighted by atomic mass is 35.5. The standard InChI is InChI=1S/C15H25ClF2O6S2/c1-2-13(19)12-25(10-6-3-7-11-25)24-26(21,22)15(17,18)14(20)23-9-5-4-8-16/h2-12H2,1H3. The fourth-order valence-electron chi connectivity index (χ4n) is 2.42. The van der Waals surface area contributed by atoms with E-state index in [1.54, 1.807) is 6.92 Å². The number of carbonyl (C=O) groups excluding carboxylic acids is 2. The van der Waals surface area contributed by atoms with Crippen LogP contribution in [0.4, 0.5) is 8.78 Å². The van der Waals surface area contributed by atoms with Crippen LogP contribution in [0.5, 0.6) is 0 Å². The largest absolute Gasteiger partial charge is 0.466 e. The number of alkyl halides is 3. The zero-order valence-electron chi connectivity index (χ0n) is 14.7. The molecule has 0 bridgehead atoms. The quantitative estimate of drug-likeness (QED) is 0.279. The molecule has 1 heterocycles. The molecule has 0 atom stereocenters. The molecular formula is C15H25ClF2O6S2. The van der Waals surface area contributed by atoms with E-state index in [0.29, 0.717) is 19.3 Å². The van der Waals surface area contributed by atoms with E-state index < -0.39 is 31.7 Å². The summed E-state index contributed by atoms with van der Waals surface area (Å²) >= 11 is 5.43. The van der Waals surface area contributed by atoms with E-state index >= 15 is 0 Å².